The average Bonchev–Trinajstić information content (AvgIpc) is 3.13. The Hall–Kier alpha value is -2.76. The van der Waals surface area contributed by atoms with Crippen LogP contribution in [-0.2, 0) is 26.9 Å². The second-order valence-corrected chi connectivity index (χ2v) is 7.15. The van der Waals surface area contributed by atoms with Gasteiger partial charge in [0.2, 0.25) is 11.8 Å². The highest BCUT2D eigenvalue weighted by Gasteiger charge is 2.37. The Morgan fingerprint density at radius 3 is 2.47 bits per heavy atom. The number of aromatic nitrogens is 4. The van der Waals surface area contributed by atoms with Gasteiger partial charge in [-0.15, -0.1) is 5.10 Å². The van der Waals surface area contributed by atoms with Gasteiger partial charge in [0.1, 0.15) is 0 Å². The van der Waals surface area contributed by atoms with E-state index in [1.807, 2.05) is 0 Å². The zero-order valence-corrected chi connectivity index (χ0v) is 17.0. The third kappa shape index (κ3) is 4.69. The Labute approximate surface area is 170 Å². The molecule has 0 saturated carbocycles. The molecule has 1 aliphatic heterocycles. The molecule has 9 nitrogen and oxygen atoms in total. The molecule has 2 amide bonds. The summed E-state index contributed by atoms with van der Waals surface area (Å²) in [6, 6.07) is 0. The summed E-state index contributed by atoms with van der Waals surface area (Å²) < 4.78 is 44.9. The quantitative estimate of drug-likeness (QED) is 0.706. The third-order valence-electron chi connectivity index (χ3n) is 5.05. The molecule has 30 heavy (non-hydrogen) atoms. The first kappa shape index (κ1) is 21.9. The molecule has 12 heteroatoms. The summed E-state index contributed by atoms with van der Waals surface area (Å²) >= 11 is 0. The Balaban J connectivity index is 1.67. The van der Waals surface area contributed by atoms with Gasteiger partial charge >= 0.3 is 6.18 Å². The Morgan fingerprint density at radius 2 is 1.83 bits per heavy atom. The van der Waals surface area contributed by atoms with Crippen molar-refractivity contribution in [2.45, 2.75) is 32.9 Å². The maximum Gasteiger partial charge on any atom is 0.453 e. The molecule has 3 rings (SSSR count). The fraction of sp³-hybridized carbons (Fsp3) is 0.611. The van der Waals surface area contributed by atoms with Gasteiger partial charge in [0.05, 0.1) is 19.8 Å². The number of alkyl halides is 3. The molecule has 0 bridgehead atoms. The van der Waals surface area contributed by atoms with Gasteiger partial charge in [-0.25, -0.2) is 9.50 Å². The molecule has 0 atom stereocenters. The van der Waals surface area contributed by atoms with Crippen LogP contribution in [0, 0.1) is 13.8 Å². The van der Waals surface area contributed by atoms with Crippen molar-refractivity contribution in [1.82, 2.24) is 29.4 Å². The van der Waals surface area contributed by atoms with Crippen LogP contribution in [0.4, 0.5) is 13.2 Å². The van der Waals surface area contributed by atoms with Crippen LogP contribution in [0.5, 0.6) is 0 Å². The van der Waals surface area contributed by atoms with Crippen molar-refractivity contribution in [2.75, 3.05) is 39.9 Å². The van der Waals surface area contributed by atoms with Crippen LogP contribution in [-0.4, -0.2) is 81.1 Å². The molecule has 2 aromatic rings. The van der Waals surface area contributed by atoms with Crippen molar-refractivity contribution < 1.29 is 27.5 Å². The molecular formula is C18H23F3N6O3. The summed E-state index contributed by atoms with van der Waals surface area (Å²) in [5.41, 5.74) is 1.56. The first-order valence-corrected chi connectivity index (χ1v) is 9.47. The highest BCUT2D eigenvalue weighted by Crippen LogP contribution is 2.27. The number of hydrogen-bond acceptors (Lipinski definition) is 6. The van der Waals surface area contributed by atoms with Gasteiger partial charge in [0.15, 0.2) is 0 Å². The minimum Gasteiger partial charge on any atom is -0.378 e. The smallest absolute Gasteiger partial charge is 0.378 e. The summed E-state index contributed by atoms with van der Waals surface area (Å²) in [6.07, 6.45) is -4.32. The molecule has 2 aromatic heterocycles. The van der Waals surface area contributed by atoms with E-state index >= 15 is 0 Å². The fourth-order valence-electron chi connectivity index (χ4n) is 3.32. The van der Waals surface area contributed by atoms with E-state index in [2.05, 4.69) is 15.1 Å². The van der Waals surface area contributed by atoms with Crippen LogP contribution in [0.15, 0.2) is 0 Å². The van der Waals surface area contributed by atoms with Gasteiger partial charge in [-0.3, -0.25) is 9.59 Å². The summed E-state index contributed by atoms with van der Waals surface area (Å²) in [6.45, 7) is 5.20. The maximum atomic E-state index is 12.9. The zero-order valence-electron chi connectivity index (χ0n) is 17.0. The average molecular weight is 428 g/mol. The molecule has 0 unspecified atom stereocenters. The normalized spacial score (nSPS) is 14.9. The van der Waals surface area contributed by atoms with Crippen LogP contribution in [0.2, 0.25) is 0 Å². The van der Waals surface area contributed by atoms with Gasteiger partial charge in [-0.1, -0.05) is 0 Å². The number of rotatable bonds is 5. The van der Waals surface area contributed by atoms with Gasteiger partial charge in [-0.05, 0) is 25.8 Å². The number of hydrogen-bond donors (Lipinski definition) is 0. The standard InChI is InChI=1S/C18H23F3N6O3/c1-11-13(12(2)27-17(22-11)23-16(24-27)18(19,20)21)4-5-14(28)25(3)10-15(29)26-6-8-30-9-7-26/h4-10H2,1-3H3. The van der Waals surface area contributed by atoms with Crippen molar-refractivity contribution >= 4 is 17.6 Å². The second kappa shape index (κ2) is 8.54. The van der Waals surface area contributed by atoms with Crippen molar-refractivity contribution in [2.24, 2.45) is 0 Å². The first-order chi connectivity index (χ1) is 14.1. The summed E-state index contributed by atoms with van der Waals surface area (Å²) in [5.74, 6) is -1.79. The maximum absolute atomic E-state index is 12.9. The lowest BCUT2D eigenvalue weighted by molar-refractivity contribution is -0.144. The Kier molecular flexibility index (Phi) is 6.25. The van der Waals surface area contributed by atoms with Crippen molar-refractivity contribution in [1.29, 1.82) is 0 Å². The van der Waals surface area contributed by atoms with E-state index in [1.165, 1.54) is 4.90 Å². The molecule has 164 valence electrons. The molecule has 1 fully saturated rings. The third-order valence-corrected chi connectivity index (χ3v) is 5.05. The zero-order chi connectivity index (χ0) is 22.1. The van der Waals surface area contributed by atoms with E-state index in [9.17, 15) is 22.8 Å². The van der Waals surface area contributed by atoms with Crippen molar-refractivity contribution in [3.63, 3.8) is 0 Å². The van der Waals surface area contributed by atoms with E-state index in [-0.39, 0.29) is 37.0 Å². The Bertz CT molecular complexity index is 953. The van der Waals surface area contributed by atoms with E-state index in [1.54, 1.807) is 25.8 Å². The lowest BCUT2D eigenvalue weighted by Gasteiger charge is -2.28. The van der Waals surface area contributed by atoms with Gasteiger partial charge in [0, 0.05) is 37.9 Å². The number of halogens is 3. The van der Waals surface area contributed by atoms with Crippen LogP contribution in [0.3, 0.4) is 0 Å². The summed E-state index contributed by atoms with van der Waals surface area (Å²) in [5, 5.41) is 3.50. The van der Waals surface area contributed by atoms with Crippen LogP contribution in [0.25, 0.3) is 5.78 Å². The number of likely N-dealkylation sites (N-methyl/N-ethyl adjacent to an activating group) is 1. The second-order valence-electron chi connectivity index (χ2n) is 7.15. The number of nitrogens with zero attached hydrogens (tertiary/aromatic N) is 6. The number of carbonyl (C=O) groups excluding carboxylic acids is 2. The number of morpholine rings is 1. The van der Waals surface area contributed by atoms with E-state index in [4.69, 9.17) is 4.74 Å². The van der Waals surface area contributed by atoms with E-state index < -0.39 is 12.0 Å². The molecule has 0 aliphatic carbocycles. The topological polar surface area (TPSA) is 92.9 Å². The largest absolute Gasteiger partial charge is 0.453 e. The molecule has 0 radical (unpaired) electrons. The highest BCUT2D eigenvalue weighted by atomic mass is 19.4. The predicted molar refractivity (Wildman–Crippen MR) is 98.6 cm³/mol. The fourth-order valence-corrected chi connectivity index (χ4v) is 3.32. The van der Waals surface area contributed by atoms with Gasteiger partial charge < -0.3 is 14.5 Å². The lowest BCUT2D eigenvalue weighted by Crippen LogP contribution is -2.46. The minimum atomic E-state index is -4.67. The van der Waals surface area contributed by atoms with Crippen LogP contribution in [0.1, 0.15) is 29.2 Å². The molecule has 1 aliphatic rings. The number of fused-ring (bicyclic) bond motifs is 1. The lowest BCUT2D eigenvalue weighted by atomic mass is 10.1. The predicted octanol–water partition coefficient (Wildman–Crippen LogP) is 1.01. The molecule has 0 aromatic carbocycles. The molecule has 3 heterocycles. The van der Waals surface area contributed by atoms with Gasteiger partial charge in [0.25, 0.3) is 11.6 Å². The van der Waals surface area contributed by atoms with E-state index in [0.717, 1.165) is 4.52 Å². The molecule has 0 spiro atoms. The van der Waals surface area contributed by atoms with Crippen LogP contribution >= 0.6 is 0 Å². The SMILES string of the molecule is Cc1nc2nc(C(F)(F)F)nn2c(C)c1CCC(=O)N(C)CC(=O)N1CCOCC1. The Morgan fingerprint density at radius 1 is 1.17 bits per heavy atom. The van der Waals surface area contributed by atoms with E-state index in [0.29, 0.717) is 43.3 Å². The summed E-state index contributed by atoms with van der Waals surface area (Å²) in [7, 11) is 1.55. The highest BCUT2D eigenvalue weighted by molar-refractivity contribution is 5.84. The van der Waals surface area contributed by atoms with Gasteiger partial charge in [-0.2, -0.15) is 18.2 Å². The van der Waals surface area contributed by atoms with Crippen LogP contribution < -0.4 is 0 Å². The number of carbonyl (C=O) groups is 2. The number of amides is 2. The number of aryl methyl sites for hydroxylation is 2. The van der Waals surface area contributed by atoms with Crippen molar-refractivity contribution in [3.05, 3.63) is 22.8 Å². The number of ether oxygens (including phenoxy) is 1. The first-order valence-electron chi connectivity index (χ1n) is 9.47. The monoisotopic (exact) mass is 428 g/mol. The molecule has 0 N–H and O–H groups in total. The summed E-state index contributed by atoms with van der Waals surface area (Å²) in [4.78, 5) is 35.3. The molecular weight excluding hydrogens is 405 g/mol. The minimum absolute atomic E-state index is 0.0356. The molecule has 1 saturated heterocycles. The van der Waals surface area contributed by atoms with Crippen molar-refractivity contribution in [3.8, 4) is 0 Å².